The van der Waals surface area contributed by atoms with Gasteiger partial charge in [-0.25, -0.2) is 4.68 Å². The molecule has 168 valence electrons. The molecule has 4 rings (SSSR count). The summed E-state index contributed by atoms with van der Waals surface area (Å²) in [6.07, 6.45) is -2.02. The molecule has 2 heterocycles. The van der Waals surface area contributed by atoms with Crippen LogP contribution < -0.4 is 10.9 Å². The summed E-state index contributed by atoms with van der Waals surface area (Å²) in [5.41, 5.74) is 1.33. The first-order chi connectivity index (χ1) is 14.9. The van der Waals surface area contributed by atoms with Crippen LogP contribution in [-0.4, -0.2) is 20.7 Å². The highest BCUT2D eigenvalue weighted by Gasteiger charge is 2.31. The maximum absolute atomic E-state index is 13.0. The van der Waals surface area contributed by atoms with Crippen LogP contribution in [-0.2, 0) is 19.0 Å². The number of pyridine rings is 1. The number of hydrogen-bond acceptors (Lipinski definition) is 3. The number of halogens is 3. The number of aryl methyl sites for hydroxylation is 2. The molecule has 0 spiro atoms. The second-order valence-electron chi connectivity index (χ2n) is 8.94. The van der Waals surface area contributed by atoms with Crippen molar-refractivity contribution in [3.63, 3.8) is 0 Å². The number of alkyl halides is 3. The standard InChI is InChI=1S/C23H23F3N4O2/c1-13-9-19(29-30(13)16-6-4-5-15(11-16)23(24,25)26)28-21(32)17-10-14-12-22(2,3)8-7-18(14)27-20(17)31/h4-6,9-11H,7-8,12H2,1-3H3,(H,27,31)(H,28,29,32). The van der Waals surface area contributed by atoms with Gasteiger partial charge in [0.15, 0.2) is 5.82 Å². The molecule has 1 aliphatic rings. The molecule has 2 N–H and O–H groups in total. The van der Waals surface area contributed by atoms with Crippen molar-refractivity contribution >= 4 is 11.7 Å². The smallest absolute Gasteiger partial charge is 0.325 e. The van der Waals surface area contributed by atoms with Gasteiger partial charge in [-0.2, -0.15) is 13.2 Å². The molecule has 0 atom stereocenters. The van der Waals surface area contributed by atoms with Gasteiger partial charge in [-0.15, -0.1) is 5.10 Å². The van der Waals surface area contributed by atoms with Crippen LogP contribution in [0.15, 0.2) is 41.2 Å². The average Bonchev–Trinajstić information content (AvgIpc) is 3.06. The highest BCUT2D eigenvalue weighted by molar-refractivity contribution is 6.03. The Bertz CT molecular complexity index is 1250. The number of amides is 1. The van der Waals surface area contributed by atoms with E-state index in [2.05, 4.69) is 29.2 Å². The van der Waals surface area contributed by atoms with Gasteiger partial charge < -0.3 is 10.3 Å². The first-order valence-electron chi connectivity index (χ1n) is 10.2. The lowest BCUT2D eigenvalue weighted by Gasteiger charge is -2.31. The van der Waals surface area contributed by atoms with Crippen molar-refractivity contribution < 1.29 is 18.0 Å². The van der Waals surface area contributed by atoms with Crippen LogP contribution in [0, 0.1) is 12.3 Å². The van der Waals surface area contributed by atoms with Crippen LogP contribution in [0.2, 0.25) is 0 Å². The maximum Gasteiger partial charge on any atom is 0.416 e. The summed E-state index contributed by atoms with van der Waals surface area (Å²) in [5.74, 6) is -0.478. The van der Waals surface area contributed by atoms with Crippen LogP contribution in [0.4, 0.5) is 19.0 Å². The highest BCUT2D eigenvalue weighted by Crippen LogP contribution is 2.34. The number of rotatable bonds is 3. The molecular formula is C23H23F3N4O2. The zero-order valence-corrected chi connectivity index (χ0v) is 17.9. The van der Waals surface area contributed by atoms with Gasteiger partial charge in [0.2, 0.25) is 0 Å². The Balaban J connectivity index is 1.60. The molecule has 9 heteroatoms. The van der Waals surface area contributed by atoms with Gasteiger partial charge in [0.05, 0.1) is 11.3 Å². The minimum atomic E-state index is -4.48. The SMILES string of the molecule is Cc1cc(NC(=O)c2cc3c([nH]c2=O)CCC(C)(C)C3)nn1-c1cccc(C(F)(F)F)c1. The lowest BCUT2D eigenvalue weighted by atomic mass is 9.76. The summed E-state index contributed by atoms with van der Waals surface area (Å²) in [5, 5.41) is 6.80. The maximum atomic E-state index is 13.0. The normalized spacial score (nSPS) is 15.3. The summed E-state index contributed by atoms with van der Waals surface area (Å²) in [4.78, 5) is 28.1. The van der Waals surface area contributed by atoms with Gasteiger partial charge in [0, 0.05) is 17.5 Å². The zero-order valence-electron chi connectivity index (χ0n) is 17.9. The lowest BCUT2D eigenvalue weighted by molar-refractivity contribution is -0.137. The van der Waals surface area contributed by atoms with Gasteiger partial charge in [-0.05, 0) is 61.4 Å². The van der Waals surface area contributed by atoms with Gasteiger partial charge in [-0.3, -0.25) is 9.59 Å². The van der Waals surface area contributed by atoms with Crippen LogP contribution in [0.5, 0.6) is 0 Å². The number of carbonyl (C=O) groups excluding carboxylic acids is 1. The summed E-state index contributed by atoms with van der Waals surface area (Å²) < 4.78 is 40.4. The highest BCUT2D eigenvalue weighted by atomic mass is 19.4. The van der Waals surface area contributed by atoms with E-state index in [0.29, 0.717) is 5.69 Å². The average molecular weight is 444 g/mol. The summed E-state index contributed by atoms with van der Waals surface area (Å²) in [7, 11) is 0. The predicted molar refractivity (Wildman–Crippen MR) is 114 cm³/mol. The van der Waals surface area contributed by atoms with E-state index in [1.165, 1.54) is 22.9 Å². The molecule has 0 saturated carbocycles. The molecule has 0 radical (unpaired) electrons. The third-order valence-electron chi connectivity index (χ3n) is 5.73. The minimum Gasteiger partial charge on any atom is -0.325 e. The van der Waals surface area contributed by atoms with E-state index < -0.39 is 23.2 Å². The van der Waals surface area contributed by atoms with Crippen LogP contribution in [0.3, 0.4) is 0 Å². The number of hydrogen-bond donors (Lipinski definition) is 2. The van der Waals surface area contributed by atoms with Gasteiger partial charge in [0.25, 0.3) is 11.5 Å². The third-order valence-corrected chi connectivity index (χ3v) is 5.73. The Hall–Kier alpha value is -3.36. The van der Waals surface area contributed by atoms with E-state index in [4.69, 9.17) is 0 Å². The van der Waals surface area contributed by atoms with E-state index in [0.717, 1.165) is 42.7 Å². The molecule has 32 heavy (non-hydrogen) atoms. The monoisotopic (exact) mass is 444 g/mol. The van der Waals surface area contributed by atoms with Crippen molar-refractivity contribution in [3.05, 3.63) is 74.8 Å². The molecule has 1 amide bonds. The molecule has 2 aromatic heterocycles. The number of carbonyl (C=O) groups is 1. The lowest BCUT2D eigenvalue weighted by Crippen LogP contribution is -2.29. The molecule has 6 nitrogen and oxygen atoms in total. The van der Waals surface area contributed by atoms with E-state index in [9.17, 15) is 22.8 Å². The van der Waals surface area contributed by atoms with Crippen LogP contribution in [0.25, 0.3) is 5.69 Å². The van der Waals surface area contributed by atoms with Crippen molar-refractivity contribution in [1.29, 1.82) is 0 Å². The number of H-pyrrole nitrogens is 1. The van der Waals surface area contributed by atoms with Gasteiger partial charge >= 0.3 is 6.18 Å². The number of anilines is 1. The van der Waals surface area contributed by atoms with Crippen molar-refractivity contribution in [2.75, 3.05) is 5.32 Å². The van der Waals surface area contributed by atoms with Crippen molar-refractivity contribution in [2.45, 2.75) is 46.2 Å². The second kappa shape index (κ2) is 7.65. The predicted octanol–water partition coefficient (Wildman–Crippen LogP) is 4.66. The molecule has 0 aliphatic heterocycles. The Kier molecular flexibility index (Phi) is 5.22. The summed E-state index contributed by atoms with van der Waals surface area (Å²) >= 11 is 0. The Morgan fingerprint density at radius 2 is 1.97 bits per heavy atom. The number of fused-ring (bicyclic) bond motifs is 1. The zero-order chi connectivity index (χ0) is 23.3. The van der Waals surface area contributed by atoms with Gasteiger partial charge in [0.1, 0.15) is 5.56 Å². The number of aromatic nitrogens is 3. The number of nitrogens with zero attached hydrogens (tertiary/aromatic N) is 2. The first-order valence-corrected chi connectivity index (χ1v) is 10.2. The fourth-order valence-electron chi connectivity index (χ4n) is 4.02. The minimum absolute atomic E-state index is 0.0206. The van der Waals surface area contributed by atoms with Crippen molar-refractivity contribution in [1.82, 2.24) is 14.8 Å². The Labute approximate surface area is 182 Å². The first kappa shape index (κ1) is 21.9. The Morgan fingerprint density at radius 3 is 2.69 bits per heavy atom. The Morgan fingerprint density at radius 1 is 1.22 bits per heavy atom. The molecule has 1 aliphatic carbocycles. The fraction of sp³-hybridized carbons (Fsp3) is 0.348. The quantitative estimate of drug-likeness (QED) is 0.617. The topological polar surface area (TPSA) is 79.8 Å². The van der Waals surface area contributed by atoms with E-state index in [-0.39, 0.29) is 22.5 Å². The molecule has 0 saturated heterocycles. The van der Waals surface area contributed by atoms with Crippen LogP contribution >= 0.6 is 0 Å². The fourth-order valence-corrected chi connectivity index (χ4v) is 4.02. The van der Waals surface area contributed by atoms with Crippen LogP contribution in [0.1, 0.15) is 53.1 Å². The van der Waals surface area contributed by atoms with E-state index in [1.807, 2.05) is 0 Å². The molecule has 0 bridgehead atoms. The molecular weight excluding hydrogens is 421 g/mol. The molecule has 0 unspecified atom stereocenters. The van der Waals surface area contributed by atoms with E-state index in [1.54, 1.807) is 13.0 Å². The molecule has 1 aromatic carbocycles. The number of aromatic amines is 1. The van der Waals surface area contributed by atoms with E-state index >= 15 is 0 Å². The van der Waals surface area contributed by atoms with Crippen molar-refractivity contribution in [3.8, 4) is 5.69 Å². The summed E-state index contributed by atoms with van der Waals surface area (Å²) in [6.45, 7) is 5.95. The van der Waals surface area contributed by atoms with Gasteiger partial charge in [-0.1, -0.05) is 19.9 Å². The number of nitrogens with one attached hydrogen (secondary N) is 2. The molecule has 0 fully saturated rings. The molecule has 3 aromatic rings. The number of benzene rings is 1. The largest absolute Gasteiger partial charge is 0.416 e. The summed E-state index contributed by atoms with van der Waals surface area (Å²) in [6, 6.07) is 7.92. The second-order valence-corrected chi connectivity index (χ2v) is 8.94. The van der Waals surface area contributed by atoms with Crippen molar-refractivity contribution in [2.24, 2.45) is 5.41 Å². The third kappa shape index (κ3) is 4.32.